The van der Waals surface area contributed by atoms with Crippen LogP contribution >= 0.6 is 0 Å². The maximum atomic E-state index is 9.55. The molecule has 2 aromatic rings. The van der Waals surface area contributed by atoms with Gasteiger partial charge in [-0.05, 0) is 24.3 Å². The third-order valence-electron chi connectivity index (χ3n) is 3.43. The Hall–Kier alpha value is -2.80. The van der Waals surface area contributed by atoms with Crippen LogP contribution in [0, 0.1) is 11.3 Å². The van der Waals surface area contributed by atoms with E-state index in [4.69, 9.17) is 0 Å². The first-order valence-electron chi connectivity index (χ1n) is 6.36. The highest BCUT2D eigenvalue weighted by Crippen LogP contribution is 2.25. The highest BCUT2D eigenvalue weighted by molar-refractivity contribution is 5.85. The van der Waals surface area contributed by atoms with Crippen molar-refractivity contribution >= 4 is 16.6 Å². The second-order valence-corrected chi connectivity index (χ2v) is 4.67. The van der Waals surface area contributed by atoms with E-state index in [9.17, 15) is 5.26 Å². The standard InChI is InChI=1S/C16H14N4/c1-19-10-6-5-8-14(19)12(11-17)16-18-13-7-3-4-9-15(13)20(16)2/h3-10H,1-2H3/b14-12+. The van der Waals surface area contributed by atoms with E-state index in [0.29, 0.717) is 11.4 Å². The molecule has 0 fully saturated rings. The van der Waals surface area contributed by atoms with Crippen LogP contribution in [0.1, 0.15) is 5.82 Å². The lowest BCUT2D eigenvalue weighted by molar-refractivity contribution is 0.586. The number of imidazole rings is 1. The van der Waals surface area contributed by atoms with E-state index < -0.39 is 0 Å². The number of aromatic nitrogens is 2. The van der Waals surface area contributed by atoms with Gasteiger partial charge in [0.1, 0.15) is 11.6 Å². The largest absolute Gasteiger partial charge is 0.350 e. The van der Waals surface area contributed by atoms with E-state index >= 15 is 0 Å². The van der Waals surface area contributed by atoms with Crippen molar-refractivity contribution in [3.63, 3.8) is 0 Å². The summed E-state index contributed by atoms with van der Waals surface area (Å²) in [6.07, 6.45) is 7.72. The molecule has 1 aromatic heterocycles. The number of hydrogen-bond donors (Lipinski definition) is 0. The second-order valence-electron chi connectivity index (χ2n) is 4.67. The van der Waals surface area contributed by atoms with Crippen LogP contribution in [0.2, 0.25) is 0 Å². The van der Waals surface area contributed by atoms with Gasteiger partial charge in [0, 0.05) is 20.3 Å². The predicted octanol–water partition coefficient (Wildman–Crippen LogP) is 2.82. The Labute approximate surface area is 117 Å². The van der Waals surface area contributed by atoms with Crippen molar-refractivity contribution in [2.45, 2.75) is 0 Å². The van der Waals surface area contributed by atoms with Gasteiger partial charge in [-0.2, -0.15) is 5.26 Å². The Morgan fingerprint density at radius 2 is 2.00 bits per heavy atom. The third kappa shape index (κ3) is 1.81. The molecule has 0 spiro atoms. The van der Waals surface area contributed by atoms with Gasteiger partial charge in [-0.15, -0.1) is 0 Å². The Bertz CT molecular complexity index is 799. The van der Waals surface area contributed by atoms with Crippen molar-refractivity contribution < 1.29 is 0 Å². The number of para-hydroxylation sites is 2. The molecule has 0 saturated heterocycles. The van der Waals surface area contributed by atoms with Crippen molar-refractivity contribution in [2.24, 2.45) is 7.05 Å². The second kappa shape index (κ2) is 4.71. The zero-order valence-electron chi connectivity index (χ0n) is 11.4. The predicted molar refractivity (Wildman–Crippen MR) is 79.3 cm³/mol. The molecule has 0 aliphatic carbocycles. The molecule has 3 rings (SSSR count). The summed E-state index contributed by atoms with van der Waals surface area (Å²) in [4.78, 5) is 6.52. The van der Waals surface area contributed by atoms with E-state index in [-0.39, 0.29) is 0 Å². The molecule has 0 unspecified atom stereocenters. The molecule has 0 saturated carbocycles. The van der Waals surface area contributed by atoms with Gasteiger partial charge in [-0.25, -0.2) is 4.98 Å². The highest BCUT2D eigenvalue weighted by atomic mass is 15.1. The van der Waals surface area contributed by atoms with Gasteiger partial charge in [0.05, 0.1) is 16.7 Å². The summed E-state index contributed by atoms with van der Waals surface area (Å²) in [6.45, 7) is 0. The fourth-order valence-electron chi connectivity index (χ4n) is 2.37. The number of hydrogen-bond acceptors (Lipinski definition) is 3. The number of benzene rings is 1. The zero-order valence-corrected chi connectivity index (χ0v) is 11.4. The van der Waals surface area contributed by atoms with Gasteiger partial charge in [0.15, 0.2) is 5.82 Å². The number of nitrogens with zero attached hydrogens (tertiary/aromatic N) is 4. The average molecular weight is 262 g/mol. The summed E-state index contributed by atoms with van der Waals surface area (Å²) in [5, 5.41) is 9.55. The summed E-state index contributed by atoms with van der Waals surface area (Å²) >= 11 is 0. The molecule has 2 heterocycles. The van der Waals surface area contributed by atoms with Gasteiger partial charge in [-0.1, -0.05) is 18.2 Å². The first kappa shape index (κ1) is 12.2. The molecule has 20 heavy (non-hydrogen) atoms. The quantitative estimate of drug-likeness (QED) is 0.742. The first-order valence-corrected chi connectivity index (χ1v) is 6.36. The van der Waals surface area contributed by atoms with Crippen molar-refractivity contribution in [3.8, 4) is 6.07 Å². The zero-order chi connectivity index (χ0) is 14.1. The van der Waals surface area contributed by atoms with Crippen LogP contribution in [0.15, 0.2) is 54.4 Å². The van der Waals surface area contributed by atoms with Crippen LogP contribution in [0.3, 0.4) is 0 Å². The Kier molecular flexibility index (Phi) is 2.88. The molecule has 0 amide bonds. The minimum absolute atomic E-state index is 0.576. The molecule has 4 nitrogen and oxygen atoms in total. The fraction of sp³-hybridized carbons (Fsp3) is 0.125. The van der Waals surface area contributed by atoms with Gasteiger partial charge in [-0.3, -0.25) is 0 Å². The summed E-state index contributed by atoms with van der Waals surface area (Å²) in [5.74, 6) is 0.690. The molecule has 1 aliphatic heterocycles. The normalized spacial score (nSPS) is 16.6. The lowest BCUT2D eigenvalue weighted by Gasteiger charge is -2.19. The lowest BCUT2D eigenvalue weighted by atomic mass is 10.1. The van der Waals surface area contributed by atoms with Crippen LogP contribution in [-0.4, -0.2) is 21.5 Å². The van der Waals surface area contributed by atoms with Crippen molar-refractivity contribution in [3.05, 3.63) is 60.2 Å². The van der Waals surface area contributed by atoms with E-state index in [1.54, 1.807) is 0 Å². The molecule has 0 radical (unpaired) electrons. The van der Waals surface area contributed by atoms with Crippen LogP contribution < -0.4 is 0 Å². The van der Waals surface area contributed by atoms with Crippen molar-refractivity contribution in [1.82, 2.24) is 14.5 Å². The molecule has 1 aromatic carbocycles. The van der Waals surface area contributed by atoms with Crippen LogP contribution in [-0.2, 0) is 7.05 Å². The van der Waals surface area contributed by atoms with Gasteiger partial charge >= 0.3 is 0 Å². The molecular weight excluding hydrogens is 248 g/mol. The summed E-state index contributed by atoms with van der Waals surface area (Å²) < 4.78 is 1.96. The smallest absolute Gasteiger partial charge is 0.153 e. The molecule has 0 N–H and O–H groups in total. The molecule has 0 bridgehead atoms. The highest BCUT2D eigenvalue weighted by Gasteiger charge is 2.17. The van der Waals surface area contributed by atoms with E-state index in [1.807, 2.05) is 72.3 Å². The average Bonchev–Trinajstić information content (AvgIpc) is 2.80. The number of nitriles is 1. The third-order valence-corrected chi connectivity index (χ3v) is 3.43. The first-order chi connectivity index (χ1) is 9.72. The topological polar surface area (TPSA) is 44.9 Å². The SMILES string of the molecule is CN1C=CC=C/C1=C(/C#N)c1nc2ccccc2n1C. The maximum Gasteiger partial charge on any atom is 0.153 e. The number of allylic oxidation sites excluding steroid dienone is 4. The maximum absolute atomic E-state index is 9.55. The van der Waals surface area contributed by atoms with E-state index in [0.717, 1.165) is 16.7 Å². The Morgan fingerprint density at radius 1 is 1.20 bits per heavy atom. The Morgan fingerprint density at radius 3 is 2.70 bits per heavy atom. The number of fused-ring (bicyclic) bond motifs is 1. The van der Waals surface area contributed by atoms with Crippen LogP contribution in [0.5, 0.6) is 0 Å². The number of rotatable bonds is 1. The number of likely N-dealkylation sites (N-methyl/N-ethyl adjacent to an activating group) is 1. The molecular formula is C16H14N4. The van der Waals surface area contributed by atoms with Crippen molar-refractivity contribution in [2.75, 3.05) is 7.05 Å². The van der Waals surface area contributed by atoms with Gasteiger partial charge in [0.2, 0.25) is 0 Å². The molecule has 0 atom stereocenters. The summed E-state index contributed by atoms with van der Waals surface area (Å²) in [6, 6.07) is 10.2. The van der Waals surface area contributed by atoms with Crippen molar-refractivity contribution in [1.29, 1.82) is 5.26 Å². The van der Waals surface area contributed by atoms with E-state index in [1.165, 1.54) is 0 Å². The molecule has 4 heteroatoms. The van der Waals surface area contributed by atoms with Crippen LogP contribution in [0.25, 0.3) is 16.6 Å². The lowest BCUT2D eigenvalue weighted by Crippen LogP contribution is -2.13. The number of aryl methyl sites for hydroxylation is 1. The van der Waals surface area contributed by atoms with E-state index in [2.05, 4.69) is 11.1 Å². The minimum atomic E-state index is 0.576. The molecule has 98 valence electrons. The summed E-state index contributed by atoms with van der Waals surface area (Å²) in [5.41, 5.74) is 3.35. The van der Waals surface area contributed by atoms with Gasteiger partial charge in [0.25, 0.3) is 0 Å². The van der Waals surface area contributed by atoms with Crippen LogP contribution in [0.4, 0.5) is 0 Å². The molecule has 1 aliphatic rings. The summed E-state index contributed by atoms with van der Waals surface area (Å²) in [7, 11) is 3.86. The van der Waals surface area contributed by atoms with Gasteiger partial charge < -0.3 is 9.47 Å². The minimum Gasteiger partial charge on any atom is -0.350 e. The fourth-order valence-corrected chi connectivity index (χ4v) is 2.37. The Balaban J connectivity index is 2.26. The monoisotopic (exact) mass is 262 g/mol.